The van der Waals surface area contributed by atoms with Crippen molar-refractivity contribution in [3.8, 4) is 0 Å². The van der Waals surface area contributed by atoms with Crippen LogP contribution in [0.3, 0.4) is 0 Å². The number of aliphatic hydroxyl groups excluding tert-OH is 1. The van der Waals surface area contributed by atoms with Crippen LogP contribution in [0.15, 0.2) is 60.7 Å². The molecule has 3 nitrogen and oxygen atoms in total. The van der Waals surface area contributed by atoms with E-state index in [2.05, 4.69) is 86.3 Å². The Morgan fingerprint density at radius 2 is 1.38 bits per heavy atom. The van der Waals surface area contributed by atoms with Crippen molar-refractivity contribution in [2.24, 2.45) is 0 Å². The molecule has 4 heteroatoms. The summed E-state index contributed by atoms with van der Waals surface area (Å²) in [4.78, 5) is 2.34. The van der Waals surface area contributed by atoms with E-state index < -0.39 is 8.32 Å². The third-order valence-electron chi connectivity index (χ3n) is 5.44. The average molecular weight is 370 g/mol. The zero-order chi connectivity index (χ0) is 18.6. The molecular weight excluding hydrogens is 338 g/mol. The normalized spacial score (nSPS) is 17.4. The summed E-state index contributed by atoms with van der Waals surface area (Å²) >= 11 is 0. The van der Waals surface area contributed by atoms with E-state index in [1.807, 2.05) is 0 Å². The smallest absolute Gasteiger partial charge is 0.262 e. The fraction of sp³-hybridized carbons (Fsp3) is 0.455. The van der Waals surface area contributed by atoms with Crippen LogP contribution >= 0.6 is 0 Å². The van der Waals surface area contributed by atoms with Gasteiger partial charge in [0.05, 0.1) is 12.8 Å². The second-order valence-corrected chi connectivity index (χ2v) is 12.6. The first-order valence-electron chi connectivity index (χ1n) is 9.59. The molecule has 1 heterocycles. The first-order chi connectivity index (χ1) is 12.4. The zero-order valence-electron chi connectivity index (χ0n) is 16.2. The summed E-state index contributed by atoms with van der Waals surface area (Å²) in [5.41, 5.74) is 0. The summed E-state index contributed by atoms with van der Waals surface area (Å²) in [5.74, 6) is 0. The highest BCUT2D eigenvalue weighted by molar-refractivity contribution is 6.99. The van der Waals surface area contributed by atoms with Gasteiger partial charge in [0.15, 0.2) is 0 Å². The van der Waals surface area contributed by atoms with Gasteiger partial charge < -0.3 is 9.53 Å². The summed E-state index contributed by atoms with van der Waals surface area (Å²) < 4.78 is 6.92. The highest BCUT2D eigenvalue weighted by atomic mass is 28.4. The number of benzene rings is 2. The van der Waals surface area contributed by atoms with Crippen molar-refractivity contribution in [1.82, 2.24) is 4.90 Å². The van der Waals surface area contributed by atoms with Gasteiger partial charge in [0, 0.05) is 13.1 Å². The molecule has 1 aliphatic heterocycles. The first kappa shape index (κ1) is 19.3. The van der Waals surface area contributed by atoms with Gasteiger partial charge in [-0.05, 0) is 28.3 Å². The Bertz CT molecular complexity index is 637. The van der Waals surface area contributed by atoms with Gasteiger partial charge in [-0.3, -0.25) is 4.90 Å². The van der Waals surface area contributed by atoms with Gasteiger partial charge in [0.25, 0.3) is 8.32 Å². The molecular formula is C22H31NO2Si. The Balaban J connectivity index is 1.97. The van der Waals surface area contributed by atoms with Crippen LogP contribution in [0.5, 0.6) is 0 Å². The number of aliphatic hydroxyl groups is 1. The van der Waals surface area contributed by atoms with Crippen LogP contribution in [0.4, 0.5) is 0 Å². The molecule has 3 rings (SSSR count). The summed E-state index contributed by atoms with van der Waals surface area (Å²) in [7, 11) is -2.45. The second-order valence-electron chi connectivity index (χ2n) is 8.29. The third kappa shape index (κ3) is 3.94. The molecule has 1 saturated heterocycles. The Hall–Kier alpha value is -1.46. The van der Waals surface area contributed by atoms with Crippen LogP contribution in [-0.4, -0.2) is 44.2 Å². The monoisotopic (exact) mass is 369 g/mol. The summed E-state index contributed by atoms with van der Waals surface area (Å²) in [6, 6.07) is 21.5. The fourth-order valence-corrected chi connectivity index (χ4v) is 8.53. The van der Waals surface area contributed by atoms with Crippen LogP contribution in [0, 0.1) is 0 Å². The number of nitrogens with zero attached hydrogens (tertiary/aromatic N) is 1. The van der Waals surface area contributed by atoms with Gasteiger partial charge in [-0.15, -0.1) is 0 Å². The van der Waals surface area contributed by atoms with E-state index in [1.165, 1.54) is 10.4 Å². The van der Waals surface area contributed by atoms with Crippen molar-refractivity contribution < 1.29 is 9.53 Å². The lowest BCUT2D eigenvalue weighted by Gasteiger charge is -2.44. The predicted molar refractivity (Wildman–Crippen MR) is 110 cm³/mol. The lowest BCUT2D eigenvalue weighted by Crippen LogP contribution is -2.67. The Morgan fingerprint density at radius 1 is 0.923 bits per heavy atom. The number of hydrogen-bond acceptors (Lipinski definition) is 3. The van der Waals surface area contributed by atoms with E-state index in [1.54, 1.807) is 0 Å². The quantitative estimate of drug-likeness (QED) is 0.823. The highest BCUT2D eigenvalue weighted by Crippen LogP contribution is 2.36. The SMILES string of the molecule is CC(C)(C)[Si](OCN1CCC(O)CC1)(c1ccccc1)c1ccccc1. The maximum absolute atomic E-state index is 9.78. The molecule has 1 N–H and O–H groups in total. The van der Waals surface area contributed by atoms with E-state index in [0.717, 1.165) is 25.9 Å². The molecule has 0 spiro atoms. The fourth-order valence-electron chi connectivity index (χ4n) is 4.00. The third-order valence-corrected chi connectivity index (χ3v) is 10.4. The predicted octanol–water partition coefficient (Wildman–Crippen LogP) is 2.98. The standard InChI is InChI=1S/C22H31NO2Si/c1-22(2,3)26(20-10-6-4-7-11-20,21-12-8-5-9-13-21)25-18-23-16-14-19(24)15-17-23/h4-13,19,24H,14-18H2,1-3H3. The van der Waals surface area contributed by atoms with E-state index in [-0.39, 0.29) is 11.1 Å². The van der Waals surface area contributed by atoms with Gasteiger partial charge in [0.1, 0.15) is 0 Å². The molecule has 0 saturated carbocycles. The summed E-state index contributed by atoms with van der Waals surface area (Å²) in [6.45, 7) is 9.34. The molecule has 26 heavy (non-hydrogen) atoms. The molecule has 0 radical (unpaired) electrons. The maximum Gasteiger partial charge on any atom is 0.262 e. The average Bonchev–Trinajstić information content (AvgIpc) is 2.64. The minimum Gasteiger partial charge on any atom is -0.395 e. The Kier molecular flexibility index (Phi) is 5.98. The minimum atomic E-state index is -2.45. The minimum absolute atomic E-state index is 0.00497. The first-order valence-corrected chi connectivity index (χ1v) is 11.5. The van der Waals surface area contributed by atoms with Crippen molar-refractivity contribution >= 4 is 18.7 Å². The van der Waals surface area contributed by atoms with E-state index in [4.69, 9.17) is 4.43 Å². The largest absolute Gasteiger partial charge is 0.395 e. The summed E-state index contributed by atoms with van der Waals surface area (Å²) in [6.07, 6.45) is 1.52. The molecule has 0 unspecified atom stereocenters. The molecule has 0 bridgehead atoms. The van der Waals surface area contributed by atoms with Crippen molar-refractivity contribution in [2.45, 2.75) is 44.8 Å². The number of piperidine rings is 1. The van der Waals surface area contributed by atoms with Crippen LogP contribution < -0.4 is 10.4 Å². The molecule has 0 aliphatic carbocycles. The van der Waals surface area contributed by atoms with Crippen molar-refractivity contribution in [2.75, 3.05) is 19.8 Å². The Morgan fingerprint density at radius 3 is 1.81 bits per heavy atom. The van der Waals surface area contributed by atoms with Crippen molar-refractivity contribution in [3.05, 3.63) is 60.7 Å². The maximum atomic E-state index is 9.78. The van der Waals surface area contributed by atoms with Gasteiger partial charge in [0.2, 0.25) is 0 Å². The molecule has 1 aliphatic rings. The molecule has 140 valence electrons. The van der Waals surface area contributed by atoms with E-state index in [9.17, 15) is 5.11 Å². The second kappa shape index (κ2) is 8.05. The zero-order valence-corrected chi connectivity index (χ0v) is 17.2. The van der Waals surface area contributed by atoms with Gasteiger partial charge in [-0.1, -0.05) is 81.4 Å². The number of rotatable bonds is 5. The van der Waals surface area contributed by atoms with E-state index in [0.29, 0.717) is 6.73 Å². The summed E-state index contributed by atoms with van der Waals surface area (Å²) in [5, 5.41) is 12.4. The van der Waals surface area contributed by atoms with Gasteiger partial charge in [-0.25, -0.2) is 0 Å². The molecule has 0 aromatic heterocycles. The van der Waals surface area contributed by atoms with Crippen LogP contribution in [0.25, 0.3) is 0 Å². The number of hydrogen-bond donors (Lipinski definition) is 1. The van der Waals surface area contributed by atoms with Gasteiger partial charge in [-0.2, -0.15) is 0 Å². The van der Waals surface area contributed by atoms with Crippen LogP contribution in [-0.2, 0) is 4.43 Å². The Labute approximate surface area is 158 Å². The van der Waals surface area contributed by atoms with Crippen molar-refractivity contribution in [3.63, 3.8) is 0 Å². The topological polar surface area (TPSA) is 32.7 Å². The molecule has 2 aromatic carbocycles. The van der Waals surface area contributed by atoms with Crippen LogP contribution in [0.1, 0.15) is 33.6 Å². The number of likely N-dealkylation sites (tertiary alicyclic amines) is 1. The molecule has 0 atom stereocenters. The lowest BCUT2D eigenvalue weighted by atomic mass is 10.1. The van der Waals surface area contributed by atoms with E-state index >= 15 is 0 Å². The molecule has 1 fully saturated rings. The highest BCUT2D eigenvalue weighted by Gasteiger charge is 2.50. The lowest BCUT2D eigenvalue weighted by molar-refractivity contribution is 0.0399. The molecule has 2 aromatic rings. The molecule has 0 amide bonds. The van der Waals surface area contributed by atoms with Crippen molar-refractivity contribution in [1.29, 1.82) is 0 Å². The van der Waals surface area contributed by atoms with Gasteiger partial charge >= 0.3 is 0 Å². The van der Waals surface area contributed by atoms with Crippen LogP contribution in [0.2, 0.25) is 5.04 Å².